The number of nitrogens with zero attached hydrogens (tertiary/aromatic N) is 3. The first kappa shape index (κ1) is 9.52. The number of carbonyl (C=O) groups excluding carboxylic acids is 1. The molecule has 0 fully saturated rings. The summed E-state index contributed by atoms with van der Waals surface area (Å²) >= 11 is 0. The number of hydrogen-bond acceptors (Lipinski definition) is 4. The molecule has 0 unspecified atom stereocenters. The van der Waals surface area contributed by atoms with Crippen molar-refractivity contribution in [2.75, 3.05) is 5.32 Å². The van der Waals surface area contributed by atoms with Crippen LogP contribution in [0, 0.1) is 0 Å². The number of benzene rings is 1. The standard InChI is InChI=1S/C10H8N6O/c17-10(9-13-15-16-14-9)12-7-1-2-8-6(5-7)3-4-11-8/h1-5,11H,(H,12,17)(H,13,14,15,16). The monoisotopic (exact) mass is 228 g/mol. The van der Waals surface area contributed by atoms with Crippen molar-refractivity contribution in [3.05, 3.63) is 36.3 Å². The van der Waals surface area contributed by atoms with Crippen molar-refractivity contribution in [2.45, 2.75) is 0 Å². The van der Waals surface area contributed by atoms with Crippen molar-refractivity contribution in [1.29, 1.82) is 0 Å². The number of amides is 1. The Labute approximate surface area is 95.2 Å². The van der Waals surface area contributed by atoms with Gasteiger partial charge in [0.15, 0.2) is 0 Å². The molecule has 1 amide bonds. The third kappa shape index (κ3) is 1.73. The Morgan fingerprint density at radius 3 is 3.06 bits per heavy atom. The fourth-order valence-corrected chi connectivity index (χ4v) is 1.58. The molecule has 0 spiro atoms. The summed E-state index contributed by atoms with van der Waals surface area (Å²) in [6.07, 6.45) is 1.84. The van der Waals surface area contributed by atoms with Crippen LogP contribution in [0.4, 0.5) is 5.69 Å². The molecule has 0 radical (unpaired) electrons. The van der Waals surface area contributed by atoms with E-state index in [1.165, 1.54) is 0 Å². The zero-order valence-corrected chi connectivity index (χ0v) is 8.64. The molecule has 7 heteroatoms. The zero-order valence-electron chi connectivity index (χ0n) is 8.64. The van der Waals surface area contributed by atoms with E-state index in [0.717, 1.165) is 10.9 Å². The maximum Gasteiger partial charge on any atom is 0.297 e. The summed E-state index contributed by atoms with van der Waals surface area (Å²) in [5.41, 5.74) is 1.70. The molecule has 2 heterocycles. The summed E-state index contributed by atoms with van der Waals surface area (Å²) < 4.78 is 0. The van der Waals surface area contributed by atoms with E-state index < -0.39 is 5.91 Å². The molecular weight excluding hydrogens is 220 g/mol. The van der Waals surface area contributed by atoms with Crippen LogP contribution in [0.3, 0.4) is 0 Å². The van der Waals surface area contributed by atoms with E-state index in [1.807, 2.05) is 24.4 Å². The van der Waals surface area contributed by atoms with Crippen molar-refractivity contribution in [1.82, 2.24) is 25.6 Å². The van der Waals surface area contributed by atoms with Gasteiger partial charge in [-0.05, 0) is 29.5 Å². The van der Waals surface area contributed by atoms with Gasteiger partial charge in [0.25, 0.3) is 11.7 Å². The molecule has 1 aromatic carbocycles. The summed E-state index contributed by atoms with van der Waals surface area (Å²) in [6.45, 7) is 0. The largest absolute Gasteiger partial charge is 0.361 e. The average Bonchev–Trinajstić information content (AvgIpc) is 2.99. The predicted molar refractivity (Wildman–Crippen MR) is 60.4 cm³/mol. The molecular formula is C10H8N6O. The molecule has 7 nitrogen and oxygen atoms in total. The van der Waals surface area contributed by atoms with Gasteiger partial charge in [0, 0.05) is 22.8 Å². The second kappa shape index (κ2) is 3.71. The summed E-state index contributed by atoms with van der Waals surface area (Å²) in [5.74, 6) is -0.382. The topological polar surface area (TPSA) is 99.4 Å². The van der Waals surface area contributed by atoms with Gasteiger partial charge in [-0.15, -0.1) is 10.2 Å². The zero-order chi connectivity index (χ0) is 11.7. The number of fused-ring (bicyclic) bond motifs is 1. The molecule has 3 aromatic rings. The second-order valence-corrected chi connectivity index (χ2v) is 3.47. The molecule has 0 atom stereocenters. The van der Waals surface area contributed by atoms with E-state index in [4.69, 9.17) is 0 Å². The average molecular weight is 228 g/mol. The molecule has 0 saturated heterocycles. The fourth-order valence-electron chi connectivity index (χ4n) is 1.58. The smallest absolute Gasteiger partial charge is 0.297 e. The van der Waals surface area contributed by atoms with E-state index in [-0.39, 0.29) is 5.82 Å². The van der Waals surface area contributed by atoms with E-state index in [2.05, 4.69) is 30.9 Å². The number of anilines is 1. The van der Waals surface area contributed by atoms with Crippen molar-refractivity contribution >= 4 is 22.5 Å². The molecule has 0 aliphatic carbocycles. The van der Waals surface area contributed by atoms with Crippen LogP contribution in [0.25, 0.3) is 10.9 Å². The fraction of sp³-hybridized carbons (Fsp3) is 0. The van der Waals surface area contributed by atoms with Crippen molar-refractivity contribution in [2.24, 2.45) is 0 Å². The van der Waals surface area contributed by atoms with E-state index >= 15 is 0 Å². The lowest BCUT2D eigenvalue weighted by atomic mass is 10.2. The van der Waals surface area contributed by atoms with Gasteiger partial charge in [0.2, 0.25) is 0 Å². The van der Waals surface area contributed by atoms with Gasteiger partial charge in [0.05, 0.1) is 0 Å². The van der Waals surface area contributed by atoms with Crippen LogP contribution in [0.5, 0.6) is 0 Å². The highest BCUT2D eigenvalue weighted by atomic mass is 16.2. The lowest BCUT2D eigenvalue weighted by Crippen LogP contribution is -2.13. The Bertz CT molecular complexity index is 656. The number of nitrogens with one attached hydrogen (secondary N) is 3. The van der Waals surface area contributed by atoms with E-state index in [0.29, 0.717) is 5.69 Å². The summed E-state index contributed by atoms with van der Waals surface area (Å²) in [5, 5.41) is 16.5. The highest BCUT2D eigenvalue weighted by Gasteiger charge is 2.10. The van der Waals surface area contributed by atoms with Gasteiger partial charge in [-0.3, -0.25) is 4.79 Å². The molecule has 0 aliphatic heterocycles. The minimum Gasteiger partial charge on any atom is -0.361 e. The molecule has 84 valence electrons. The van der Waals surface area contributed by atoms with Crippen LogP contribution in [0.15, 0.2) is 30.5 Å². The van der Waals surface area contributed by atoms with Crippen LogP contribution < -0.4 is 5.32 Å². The maximum atomic E-state index is 11.6. The summed E-state index contributed by atoms with van der Waals surface area (Å²) in [4.78, 5) is 14.7. The van der Waals surface area contributed by atoms with Crippen LogP contribution in [-0.4, -0.2) is 31.5 Å². The van der Waals surface area contributed by atoms with E-state index in [1.54, 1.807) is 6.07 Å². The quantitative estimate of drug-likeness (QED) is 0.607. The van der Waals surface area contributed by atoms with Gasteiger partial charge in [0.1, 0.15) is 0 Å². The molecule has 2 aromatic heterocycles. The van der Waals surface area contributed by atoms with Crippen molar-refractivity contribution < 1.29 is 4.79 Å². The maximum absolute atomic E-state index is 11.6. The first-order chi connectivity index (χ1) is 8.33. The predicted octanol–water partition coefficient (Wildman–Crippen LogP) is 0.933. The van der Waals surface area contributed by atoms with E-state index in [9.17, 15) is 4.79 Å². The molecule has 3 N–H and O–H groups in total. The third-order valence-corrected chi connectivity index (χ3v) is 2.36. The lowest BCUT2D eigenvalue weighted by molar-refractivity contribution is 0.101. The number of carbonyl (C=O) groups is 1. The highest BCUT2D eigenvalue weighted by molar-refractivity contribution is 6.02. The second-order valence-electron chi connectivity index (χ2n) is 3.47. The number of aromatic amines is 2. The first-order valence-electron chi connectivity index (χ1n) is 4.95. The van der Waals surface area contributed by atoms with Crippen LogP contribution in [0.1, 0.15) is 10.6 Å². The molecule has 0 aliphatic rings. The SMILES string of the molecule is O=C(Nc1ccc2[nH]ccc2c1)c1nn[nH]n1. The third-order valence-electron chi connectivity index (χ3n) is 2.36. The Kier molecular flexibility index (Phi) is 2.08. The van der Waals surface area contributed by atoms with Crippen molar-refractivity contribution in [3.8, 4) is 0 Å². The summed E-state index contributed by atoms with van der Waals surface area (Å²) in [6, 6.07) is 7.49. The van der Waals surface area contributed by atoms with Gasteiger partial charge in [-0.1, -0.05) is 0 Å². The first-order valence-corrected chi connectivity index (χ1v) is 4.95. The highest BCUT2D eigenvalue weighted by Crippen LogP contribution is 2.17. The minimum absolute atomic E-state index is 0.0131. The van der Waals surface area contributed by atoms with Gasteiger partial charge >= 0.3 is 0 Å². The Morgan fingerprint density at radius 1 is 1.29 bits per heavy atom. The molecule has 17 heavy (non-hydrogen) atoms. The van der Waals surface area contributed by atoms with Crippen LogP contribution >= 0.6 is 0 Å². The minimum atomic E-state index is -0.395. The van der Waals surface area contributed by atoms with Gasteiger partial charge < -0.3 is 10.3 Å². The number of hydrogen-bond donors (Lipinski definition) is 3. The number of rotatable bonds is 2. The molecule has 0 saturated carbocycles. The molecule has 0 bridgehead atoms. The Hall–Kier alpha value is -2.70. The number of H-pyrrole nitrogens is 2. The Balaban J connectivity index is 1.87. The van der Waals surface area contributed by atoms with Crippen LogP contribution in [0.2, 0.25) is 0 Å². The lowest BCUT2D eigenvalue weighted by Gasteiger charge is -2.01. The van der Waals surface area contributed by atoms with Crippen molar-refractivity contribution in [3.63, 3.8) is 0 Å². The normalized spacial score (nSPS) is 10.6. The summed E-state index contributed by atoms with van der Waals surface area (Å²) in [7, 11) is 0. The number of aromatic nitrogens is 5. The van der Waals surface area contributed by atoms with Gasteiger partial charge in [-0.25, -0.2) is 0 Å². The molecule has 3 rings (SSSR count). The van der Waals surface area contributed by atoms with Crippen LogP contribution in [-0.2, 0) is 0 Å². The Morgan fingerprint density at radius 2 is 2.24 bits per heavy atom. The van der Waals surface area contributed by atoms with Gasteiger partial charge in [-0.2, -0.15) is 5.21 Å². The number of tetrazole rings is 1.